The third kappa shape index (κ3) is 2.98. The van der Waals surface area contributed by atoms with E-state index in [4.69, 9.17) is 21.4 Å². The van der Waals surface area contributed by atoms with Crippen LogP contribution in [0.25, 0.3) is 0 Å². The molecular formula is C13H14BrClO3. The van der Waals surface area contributed by atoms with Crippen molar-refractivity contribution in [2.24, 2.45) is 5.92 Å². The first-order chi connectivity index (χ1) is 8.52. The van der Waals surface area contributed by atoms with Crippen molar-refractivity contribution >= 4 is 33.5 Å². The molecule has 18 heavy (non-hydrogen) atoms. The fraction of sp³-hybridized carbons (Fsp3) is 0.462. The van der Waals surface area contributed by atoms with Crippen molar-refractivity contribution in [2.45, 2.75) is 25.2 Å². The molecule has 1 aliphatic carbocycles. The summed E-state index contributed by atoms with van der Waals surface area (Å²) in [5.74, 6) is 0.218. The highest BCUT2D eigenvalue weighted by atomic mass is 79.9. The molecule has 0 aliphatic heterocycles. The summed E-state index contributed by atoms with van der Waals surface area (Å²) >= 11 is 9.53. The van der Waals surface area contributed by atoms with Crippen molar-refractivity contribution in [1.29, 1.82) is 0 Å². The predicted molar refractivity (Wildman–Crippen MR) is 73.4 cm³/mol. The maximum absolute atomic E-state index is 11.0. The average molecular weight is 334 g/mol. The SMILES string of the molecule is COc1c(Cl)cc(Br)cc1C(CC(=O)O)C1CC1. The predicted octanol–water partition coefficient (Wildman–Crippen LogP) is 4.08. The van der Waals surface area contributed by atoms with E-state index in [0.717, 1.165) is 22.9 Å². The maximum Gasteiger partial charge on any atom is 0.303 e. The van der Waals surface area contributed by atoms with Crippen molar-refractivity contribution in [3.05, 3.63) is 27.2 Å². The molecule has 0 aromatic heterocycles. The number of aliphatic carboxylic acids is 1. The van der Waals surface area contributed by atoms with E-state index in [2.05, 4.69) is 15.9 Å². The van der Waals surface area contributed by atoms with Crippen LogP contribution in [0.15, 0.2) is 16.6 Å². The standard InChI is InChI=1S/C13H14BrClO3/c1-18-13-10(4-8(14)5-11(13)15)9(6-12(16)17)7-2-3-7/h4-5,7,9H,2-3,6H2,1H3,(H,16,17). The molecule has 5 heteroatoms. The summed E-state index contributed by atoms with van der Waals surface area (Å²) in [5.41, 5.74) is 0.891. The first-order valence-electron chi connectivity index (χ1n) is 5.77. The zero-order chi connectivity index (χ0) is 13.3. The summed E-state index contributed by atoms with van der Waals surface area (Å²) in [4.78, 5) is 11.0. The van der Waals surface area contributed by atoms with E-state index in [9.17, 15) is 4.79 Å². The van der Waals surface area contributed by atoms with Crippen LogP contribution in [0.2, 0.25) is 5.02 Å². The van der Waals surface area contributed by atoms with Crippen molar-refractivity contribution in [2.75, 3.05) is 7.11 Å². The van der Waals surface area contributed by atoms with Gasteiger partial charge in [-0.1, -0.05) is 27.5 Å². The topological polar surface area (TPSA) is 46.5 Å². The van der Waals surface area contributed by atoms with E-state index in [0.29, 0.717) is 16.7 Å². The highest BCUT2D eigenvalue weighted by molar-refractivity contribution is 9.10. The van der Waals surface area contributed by atoms with Crippen LogP contribution in [-0.2, 0) is 4.79 Å². The van der Waals surface area contributed by atoms with Crippen LogP contribution in [0.4, 0.5) is 0 Å². The van der Waals surface area contributed by atoms with Gasteiger partial charge in [-0.15, -0.1) is 0 Å². The Hall–Kier alpha value is -0.740. The van der Waals surface area contributed by atoms with Crippen LogP contribution in [0.5, 0.6) is 5.75 Å². The summed E-state index contributed by atoms with van der Waals surface area (Å²) in [6.07, 6.45) is 2.27. The number of hydrogen-bond donors (Lipinski definition) is 1. The number of carboxylic acids is 1. The van der Waals surface area contributed by atoms with Crippen molar-refractivity contribution in [3.63, 3.8) is 0 Å². The molecule has 0 radical (unpaired) electrons. The second-order valence-corrected chi connectivity index (χ2v) is 5.87. The van der Waals surface area contributed by atoms with Crippen molar-refractivity contribution < 1.29 is 14.6 Å². The number of carbonyl (C=O) groups is 1. The normalized spacial score (nSPS) is 16.4. The third-order valence-corrected chi connectivity index (χ3v) is 3.96. The van der Waals surface area contributed by atoms with Gasteiger partial charge in [-0.05, 0) is 30.9 Å². The lowest BCUT2D eigenvalue weighted by molar-refractivity contribution is -0.137. The van der Waals surface area contributed by atoms with E-state index in [1.807, 2.05) is 6.07 Å². The molecule has 2 rings (SSSR count). The minimum absolute atomic E-state index is 0.0209. The zero-order valence-corrected chi connectivity index (χ0v) is 12.3. The number of methoxy groups -OCH3 is 1. The molecule has 3 nitrogen and oxygen atoms in total. The number of carboxylic acid groups (broad SMARTS) is 1. The molecule has 0 heterocycles. The van der Waals surface area contributed by atoms with Crippen LogP contribution in [0.3, 0.4) is 0 Å². The Balaban J connectivity index is 2.42. The Morgan fingerprint density at radius 2 is 2.28 bits per heavy atom. The number of rotatable bonds is 5. The van der Waals surface area contributed by atoms with Gasteiger partial charge in [0.05, 0.1) is 18.6 Å². The van der Waals surface area contributed by atoms with Gasteiger partial charge in [-0.2, -0.15) is 0 Å². The lowest BCUT2D eigenvalue weighted by atomic mass is 9.90. The van der Waals surface area contributed by atoms with E-state index >= 15 is 0 Å². The van der Waals surface area contributed by atoms with Gasteiger partial charge in [0.15, 0.2) is 0 Å². The Morgan fingerprint density at radius 3 is 2.78 bits per heavy atom. The molecule has 1 saturated carbocycles. The van der Waals surface area contributed by atoms with Gasteiger partial charge in [0.2, 0.25) is 0 Å². The molecule has 1 atom stereocenters. The Labute approximate surface area is 119 Å². The monoisotopic (exact) mass is 332 g/mol. The van der Waals surface area contributed by atoms with E-state index in [-0.39, 0.29) is 12.3 Å². The van der Waals surface area contributed by atoms with Gasteiger partial charge in [0, 0.05) is 16.0 Å². The number of halogens is 2. The van der Waals surface area contributed by atoms with Crippen LogP contribution in [0.1, 0.15) is 30.7 Å². The molecule has 1 aliphatic rings. The van der Waals surface area contributed by atoms with Crippen LogP contribution in [0, 0.1) is 5.92 Å². The summed E-state index contributed by atoms with van der Waals surface area (Å²) < 4.78 is 6.17. The lowest BCUT2D eigenvalue weighted by Gasteiger charge is -2.19. The Kier molecular flexibility index (Phi) is 4.17. The second-order valence-electron chi connectivity index (χ2n) is 4.55. The Bertz CT molecular complexity index is 472. The van der Waals surface area contributed by atoms with Crippen molar-refractivity contribution in [1.82, 2.24) is 0 Å². The van der Waals surface area contributed by atoms with E-state index in [1.54, 1.807) is 13.2 Å². The smallest absolute Gasteiger partial charge is 0.303 e. The minimum Gasteiger partial charge on any atom is -0.495 e. The van der Waals surface area contributed by atoms with Gasteiger partial charge in [-0.3, -0.25) is 4.79 Å². The molecule has 1 N–H and O–H groups in total. The number of benzene rings is 1. The quantitative estimate of drug-likeness (QED) is 0.883. The lowest BCUT2D eigenvalue weighted by Crippen LogP contribution is -2.10. The zero-order valence-electron chi connectivity index (χ0n) is 9.95. The summed E-state index contributed by atoms with van der Waals surface area (Å²) in [6.45, 7) is 0. The fourth-order valence-electron chi connectivity index (χ4n) is 2.29. The summed E-state index contributed by atoms with van der Waals surface area (Å²) in [7, 11) is 1.56. The summed E-state index contributed by atoms with van der Waals surface area (Å²) in [6, 6.07) is 3.67. The van der Waals surface area contributed by atoms with Gasteiger partial charge < -0.3 is 9.84 Å². The van der Waals surface area contributed by atoms with Gasteiger partial charge in [-0.25, -0.2) is 0 Å². The minimum atomic E-state index is -0.787. The maximum atomic E-state index is 11.0. The van der Waals surface area contributed by atoms with Gasteiger partial charge >= 0.3 is 5.97 Å². The van der Waals surface area contributed by atoms with Crippen LogP contribution in [-0.4, -0.2) is 18.2 Å². The molecule has 0 spiro atoms. The van der Waals surface area contributed by atoms with Gasteiger partial charge in [0.25, 0.3) is 0 Å². The van der Waals surface area contributed by atoms with Gasteiger partial charge in [0.1, 0.15) is 5.75 Å². The largest absolute Gasteiger partial charge is 0.495 e. The first-order valence-corrected chi connectivity index (χ1v) is 6.94. The molecular weight excluding hydrogens is 319 g/mol. The molecule has 98 valence electrons. The molecule has 1 aromatic rings. The molecule has 0 bridgehead atoms. The first kappa shape index (κ1) is 13.7. The van der Waals surface area contributed by atoms with E-state index in [1.165, 1.54) is 0 Å². The molecule has 0 amide bonds. The fourth-order valence-corrected chi connectivity index (χ4v) is 3.20. The number of hydrogen-bond acceptors (Lipinski definition) is 2. The number of ether oxygens (including phenoxy) is 1. The second kappa shape index (κ2) is 5.49. The molecule has 0 saturated heterocycles. The highest BCUT2D eigenvalue weighted by Crippen LogP contribution is 2.49. The molecule has 1 unspecified atom stereocenters. The van der Waals surface area contributed by atoms with Crippen LogP contribution < -0.4 is 4.74 Å². The third-order valence-electron chi connectivity index (χ3n) is 3.23. The van der Waals surface area contributed by atoms with E-state index < -0.39 is 5.97 Å². The Morgan fingerprint density at radius 1 is 1.61 bits per heavy atom. The highest BCUT2D eigenvalue weighted by Gasteiger charge is 2.36. The average Bonchev–Trinajstić information content (AvgIpc) is 3.08. The van der Waals surface area contributed by atoms with Crippen LogP contribution >= 0.6 is 27.5 Å². The molecule has 1 fully saturated rings. The molecule has 1 aromatic carbocycles. The summed E-state index contributed by atoms with van der Waals surface area (Å²) in [5, 5.41) is 9.55. The van der Waals surface area contributed by atoms with Crippen molar-refractivity contribution in [3.8, 4) is 5.75 Å².